The molecular weight excluding hydrogens is 478 g/mol. The van der Waals surface area contributed by atoms with Gasteiger partial charge in [-0.15, -0.1) is 11.3 Å². The van der Waals surface area contributed by atoms with E-state index in [1.54, 1.807) is 10.9 Å². The van der Waals surface area contributed by atoms with Crippen molar-refractivity contribution in [2.45, 2.75) is 0 Å². The molecule has 0 aliphatic rings. The molecule has 128 valence electrons. The molecule has 7 heteroatoms. The summed E-state index contributed by atoms with van der Waals surface area (Å²) in [6.07, 6.45) is 2.54. The number of carbonyl (C=O) groups is 1. The fourth-order valence-electron chi connectivity index (χ4n) is 2.53. The first-order chi connectivity index (χ1) is 12.6. The number of rotatable bonds is 4. The van der Waals surface area contributed by atoms with Crippen LogP contribution in [-0.2, 0) is 0 Å². The molecule has 4 nitrogen and oxygen atoms in total. The van der Waals surface area contributed by atoms with Crippen LogP contribution in [0.3, 0.4) is 0 Å². The van der Waals surface area contributed by atoms with Crippen molar-refractivity contribution in [1.82, 2.24) is 14.8 Å². The van der Waals surface area contributed by atoms with Gasteiger partial charge in [-0.3, -0.25) is 4.79 Å². The summed E-state index contributed by atoms with van der Waals surface area (Å²) < 4.78 is 3.67. The van der Waals surface area contributed by atoms with Gasteiger partial charge in [-0.1, -0.05) is 56.1 Å². The summed E-state index contributed by atoms with van der Waals surface area (Å²) in [4.78, 5) is 16.1. The second-order valence-electron chi connectivity index (χ2n) is 5.52. The Bertz CT molecular complexity index is 1070. The topological polar surface area (TPSA) is 47.8 Å². The molecule has 0 saturated heterocycles. The average Bonchev–Trinajstić information content (AvgIpc) is 3.30. The molecule has 0 aliphatic carbocycles. The van der Waals surface area contributed by atoms with E-state index in [4.69, 9.17) is 0 Å². The lowest BCUT2D eigenvalue weighted by Crippen LogP contribution is -1.94. The van der Waals surface area contributed by atoms with Crippen molar-refractivity contribution in [2.75, 3.05) is 0 Å². The summed E-state index contributed by atoms with van der Waals surface area (Å²) in [6.45, 7) is 0. The molecule has 0 N–H and O–H groups in total. The smallest absolute Gasteiger partial charge is 0.210 e. The molecule has 4 rings (SSSR count). The number of carbonyl (C=O) groups excluding carboxylic acids is 1. The van der Waals surface area contributed by atoms with Crippen LogP contribution in [0, 0.1) is 0 Å². The largest absolute Gasteiger partial charge is 0.298 e. The number of thiazole rings is 1. The van der Waals surface area contributed by atoms with E-state index in [2.05, 4.69) is 41.9 Å². The van der Waals surface area contributed by atoms with Gasteiger partial charge in [0.2, 0.25) is 5.13 Å². The minimum absolute atomic E-state index is 0.535. The summed E-state index contributed by atoms with van der Waals surface area (Å²) in [5, 5.41) is 7.29. The molecule has 0 aliphatic heterocycles. The van der Waals surface area contributed by atoms with Gasteiger partial charge in [-0.05, 0) is 24.3 Å². The quantitative estimate of drug-likeness (QED) is 0.331. The molecule has 4 aromatic rings. The third kappa shape index (κ3) is 3.42. The van der Waals surface area contributed by atoms with Crippen molar-refractivity contribution in [2.24, 2.45) is 0 Å². The van der Waals surface area contributed by atoms with Crippen molar-refractivity contribution < 1.29 is 4.79 Å². The maximum absolute atomic E-state index is 11.5. The third-order valence-electron chi connectivity index (χ3n) is 3.82. The minimum Gasteiger partial charge on any atom is -0.298 e. The Labute approximate surface area is 170 Å². The molecule has 2 aromatic heterocycles. The molecule has 2 heterocycles. The molecule has 0 saturated carbocycles. The Hall–Kier alpha value is -2.09. The molecule has 0 unspecified atom stereocenters. The predicted molar refractivity (Wildman–Crippen MR) is 111 cm³/mol. The van der Waals surface area contributed by atoms with Gasteiger partial charge in [0.25, 0.3) is 0 Å². The van der Waals surface area contributed by atoms with Crippen LogP contribution in [0.25, 0.3) is 27.6 Å². The Morgan fingerprint density at radius 1 is 0.923 bits per heavy atom. The zero-order chi connectivity index (χ0) is 18.1. The number of halogens is 2. The van der Waals surface area contributed by atoms with E-state index in [9.17, 15) is 4.79 Å². The fourth-order valence-corrected chi connectivity index (χ4v) is 3.81. The molecule has 2 aromatic carbocycles. The monoisotopic (exact) mass is 487 g/mol. The number of benzene rings is 2. The van der Waals surface area contributed by atoms with Gasteiger partial charge in [0.15, 0.2) is 6.29 Å². The van der Waals surface area contributed by atoms with Crippen LogP contribution >= 0.6 is 43.2 Å². The lowest BCUT2D eigenvalue weighted by Gasteiger charge is -1.98. The Morgan fingerprint density at radius 3 is 2.15 bits per heavy atom. The molecule has 26 heavy (non-hydrogen) atoms. The zero-order valence-electron chi connectivity index (χ0n) is 13.3. The summed E-state index contributed by atoms with van der Waals surface area (Å²) in [5.74, 6) is 0. The molecule has 0 bridgehead atoms. The van der Waals surface area contributed by atoms with Crippen LogP contribution in [0.4, 0.5) is 0 Å². The van der Waals surface area contributed by atoms with Gasteiger partial charge in [0, 0.05) is 31.6 Å². The van der Waals surface area contributed by atoms with E-state index in [0.717, 1.165) is 37.2 Å². The maximum Gasteiger partial charge on any atom is 0.210 e. The number of hydrogen-bond acceptors (Lipinski definition) is 4. The standard InChI is InChI=1S/C19H11Br2N3OS/c20-15-5-1-12(2-6-15)17-11-26-19(22-17)24-9-14(10-25)18(23-24)13-3-7-16(21)8-4-13/h1-11H. The van der Waals surface area contributed by atoms with Crippen LogP contribution in [0.2, 0.25) is 0 Å². The summed E-state index contributed by atoms with van der Waals surface area (Å²) in [7, 11) is 0. The van der Waals surface area contributed by atoms with E-state index >= 15 is 0 Å². The second-order valence-corrected chi connectivity index (χ2v) is 8.19. The summed E-state index contributed by atoms with van der Waals surface area (Å²) in [5.41, 5.74) is 3.98. The SMILES string of the molecule is O=Cc1cn(-c2nc(-c3ccc(Br)cc3)cs2)nc1-c1ccc(Br)cc1. The van der Waals surface area contributed by atoms with E-state index in [1.807, 2.05) is 53.9 Å². The zero-order valence-corrected chi connectivity index (χ0v) is 17.3. The lowest BCUT2D eigenvalue weighted by atomic mass is 10.1. The lowest BCUT2D eigenvalue weighted by molar-refractivity contribution is 0.112. The summed E-state index contributed by atoms with van der Waals surface area (Å²) in [6, 6.07) is 15.7. The van der Waals surface area contributed by atoms with E-state index in [-0.39, 0.29) is 0 Å². The first-order valence-electron chi connectivity index (χ1n) is 7.66. The third-order valence-corrected chi connectivity index (χ3v) is 5.70. The second kappa shape index (κ2) is 7.26. The van der Waals surface area contributed by atoms with E-state index in [0.29, 0.717) is 11.3 Å². The molecular formula is C19H11Br2N3OS. The minimum atomic E-state index is 0.535. The van der Waals surface area contributed by atoms with Crippen molar-refractivity contribution in [1.29, 1.82) is 0 Å². The van der Waals surface area contributed by atoms with E-state index in [1.165, 1.54) is 11.3 Å². The first-order valence-corrected chi connectivity index (χ1v) is 10.1. The van der Waals surface area contributed by atoms with Crippen LogP contribution in [0.1, 0.15) is 10.4 Å². The first kappa shape index (κ1) is 17.3. The molecule has 0 fully saturated rings. The highest BCUT2D eigenvalue weighted by Gasteiger charge is 2.14. The molecule has 0 amide bonds. The van der Waals surface area contributed by atoms with Gasteiger partial charge in [0.05, 0.1) is 11.3 Å². The number of aldehydes is 1. The van der Waals surface area contributed by atoms with Gasteiger partial charge < -0.3 is 0 Å². The van der Waals surface area contributed by atoms with Crippen molar-refractivity contribution in [3.8, 4) is 27.6 Å². The fraction of sp³-hybridized carbons (Fsp3) is 0. The Balaban J connectivity index is 1.71. The van der Waals surface area contributed by atoms with Crippen molar-refractivity contribution in [3.05, 3.63) is 74.6 Å². The number of hydrogen-bond donors (Lipinski definition) is 0. The number of aromatic nitrogens is 3. The normalized spacial score (nSPS) is 10.8. The Kier molecular flexibility index (Phi) is 4.84. The van der Waals surface area contributed by atoms with Gasteiger partial charge in [-0.25, -0.2) is 9.67 Å². The van der Waals surface area contributed by atoms with Crippen molar-refractivity contribution >= 4 is 49.5 Å². The molecule has 0 radical (unpaired) electrons. The number of nitrogens with zero attached hydrogens (tertiary/aromatic N) is 3. The maximum atomic E-state index is 11.5. The van der Waals surface area contributed by atoms with Crippen LogP contribution < -0.4 is 0 Å². The van der Waals surface area contributed by atoms with Gasteiger partial charge in [0.1, 0.15) is 5.69 Å². The highest BCUT2D eigenvalue weighted by Crippen LogP contribution is 2.28. The molecule has 0 atom stereocenters. The van der Waals surface area contributed by atoms with Crippen molar-refractivity contribution in [3.63, 3.8) is 0 Å². The van der Waals surface area contributed by atoms with E-state index < -0.39 is 0 Å². The average molecular weight is 489 g/mol. The van der Waals surface area contributed by atoms with Crippen LogP contribution in [0.5, 0.6) is 0 Å². The Morgan fingerprint density at radius 2 is 1.54 bits per heavy atom. The van der Waals surface area contributed by atoms with Gasteiger partial charge >= 0.3 is 0 Å². The van der Waals surface area contributed by atoms with Crippen LogP contribution in [-0.4, -0.2) is 21.1 Å². The summed E-state index contributed by atoms with van der Waals surface area (Å²) >= 11 is 8.34. The van der Waals surface area contributed by atoms with Gasteiger partial charge in [-0.2, -0.15) is 5.10 Å². The highest BCUT2D eigenvalue weighted by atomic mass is 79.9. The highest BCUT2D eigenvalue weighted by molar-refractivity contribution is 9.10. The predicted octanol–water partition coefficient (Wildman–Crippen LogP) is 6.00. The molecule has 0 spiro atoms. The van der Waals surface area contributed by atoms with Crippen LogP contribution in [0.15, 0.2) is 69.1 Å².